The van der Waals surface area contributed by atoms with Crippen LogP contribution in [0.2, 0.25) is 5.02 Å². The van der Waals surface area contributed by atoms with Crippen molar-refractivity contribution < 1.29 is 18.4 Å². The maximum absolute atomic E-state index is 13.2. The van der Waals surface area contributed by atoms with Crippen LogP contribution >= 0.6 is 11.6 Å². The molecule has 0 spiro atoms. The average Bonchev–Trinajstić information content (AvgIpc) is 2.89. The number of nitrogens with one attached hydrogen (secondary N) is 1. The van der Waals surface area contributed by atoms with E-state index < -0.39 is 23.5 Å². The molecule has 2 amide bonds. The largest absolute Gasteiger partial charge is 0.326 e. The van der Waals surface area contributed by atoms with Gasteiger partial charge in [0.15, 0.2) is 0 Å². The lowest BCUT2D eigenvalue weighted by Gasteiger charge is -2.16. The zero-order valence-electron chi connectivity index (χ0n) is 12.4. The number of carbonyl (C=O) groups is 2. The van der Waals surface area contributed by atoms with E-state index in [1.165, 1.54) is 4.90 Å². The van der Waals surface area contributed by atoms with Crippen LogP contribution in [0.3, 0.4) is 0 Å². The molecule has 0 saturated carbocycles. The Morgan fingerprint density at radius 2 is 1.75 bits per heavy atom. The first-order valence-electron chi connectivity index (χ1n) is 7.25. The summed E-state index contributed by atoms with van der Waals surface area (Å²) in [6.07, 6.45) is 0.0340. The molecule has 0 aliphatic carbocycles. The molecular weight excluding hydrogens is 338 g/mol. The molecule has 1 saturated heterocycles. The van der Waals surface area contributed by atoms with Crippen molar-refractivity contribution in [3.05, 3.63) is 59.1 Å². The first kappa shape index (κ1) is 16.4. The van der Waals surface area contributed by atoms with Crippen LogP contribution in [0.15, 0.2) is 42.5 Å². The Hall–Kier alpha value is -2.47. The van der Waals surface area contributed by atoms with Crippen LogP contribution in [-0.4, -0.2) is 18.4 Å². The number of benzene rings is 2. The van der Waals surface area contributed by atoms with E-state index in [4.69, 9.17) is 11.6 Å². The molecule has 1 atom stereocenters. The average molecular weight is 351 g/mol. The van der Waals surface area contributed by atoms with Gasteiger partial charge in [0.1, 0.15) is 11.6 Å². The van der Waals surface area contributed by atoms with Gasteiger partial charge in [-0.3, -0.25) is 9.59 Å². The summed E-state index contributed by atoms with van der Waals surface area (Å²) >= 11 is 5.82. The van der Waals surface area contributed by atoms with E-state index >= 15 is 0 Å². The summed E-state index contributed by atoms with van der Waals surface area (Å²) in [4.78, 5) is 25.9. The summed E-state index contributed by atoms with van der Waals surface area (Å²) in [7, 11) is 0. The van der Waals surface area contributed by atoms with Crippen molar-refractivity contribution in [3.8, 4) is 0 Å². The number of rotatable bonds is 3. The first-order chi connectivity index (χ1) is 11.4. The smallest absolute Gasteiger partial charge is 0.229 e. The van der Waals surface area contributed by atoms with Crippen LogP contribution in [0, 0.1) is 17.6 Å². The molecule has 1 aliphatic rings. The summed E-state index contributed by atoms with van der Waals surface area (Å²) in [5.41, 5.74) is 0.673. The zero-order valence-corrected chi connectivity index (χ0v) is 13.2. The molecule has 2 aromatic carbocycles. The molecule has 1 heterocycles. The van der Waals surface area contributed by atoms with Gasteiger partial charge in [-0.1, -0.05) is 11.6 Å². The van der Waals surface area contributed by atoms with E-state index in [0.717, 1.165) is 18.2 Å². The molecular formula is C17H13ClF2N2O2. The molecule has 1 aliphatic heterocycles. The van der Waals surface area contributed by atoms with Crippen LogP contribution in [0.1, 0.15) is 6.42 Å². The number of nitrogens with zero attached hydrogens (tertiary/aromatic N) is 1. The van der Waals surface area contributed by atoms with E-state index in [1.807, 2.05) is 0 Å². The number of carbonyl (C=O) groups excluding carboxylic acids is 2. The SMILES string of the molecule is O=C(Nc1cc(F)cc(F)c1)C1CC(=O)N(c2ccc(Cl)cc2)C1. The Morgan fingerprint density at radius 1 is 1.12 bits per heavy atom. The Balaban J connectivity index is 1.70. The lowest BCUT2D eigenvalue weighted by atomic mass is 10.1. The van der Waals surface area contributed by atoms with Gasteiger partial charge in [0.2, 0.25) is 11.8 Å². The Labute approximate surface area is 142 Å². The quantitative estimate of drug-likeness (QED) is 0.919. The standard InChI is InChI=1S/C17H13ClF2N2O2/c18-11-1-3-15(4-2-11)22-9-10(5-16(22)23)17(24)21-14-7-12(19)6-13(20)8-14/h1-4,6-8,10H,5,9H2,(H,21,24). The minimum absolute atomic E-state index is 0.0230. The van der Waals surface area contributed by atoms with Crippen molar-refractivity contribution >= 4 is 34.8 Å². The van der Waals surface area contributed by atoms with Crippen LogP contribution in [0.5, 0.6) is 0 Å². The fraction of sp³-hybridized carbons (Fsp3) is 0.176. The fourth-order valence-electron chi connectivity index (χ4n) is 2.62. The van der Waals surface area contributed by atoms with E-state index in [2.05, 4.69) is 5.32 Å². The molecule has 0 bridgehead atoms. The van der Waals surface area contributed by atoms with E-state index in [0.29, 0.717) is 10.7 Å². The van der Waals surface area contributed by atoms with Crippen LogP contribution < -0.4 is 10.2 Å². The number of hydrogen-bond donors (Lipinski definition) is 1. The van der Waals surface area contributed by atoms with Gasteiger partial charge in [0.05, 0.1) is 5.92 Å². The molecule has 124 valence electrons. The highest BCUT2D eigenvalue weighted by Gasteiger charge is 2.35. The second-order valence-electron chi connectivity index (χ2n) is 5.53. The maximum atomic E-state index is 13.2. The van der Waals surface area contributed by atoms with Crippen molar-refractivity contribution in [1.29, 1.82) is 0 Å². The first-order valence-corrected chi connectivity index (χ1v) is 7.63. The number of anilines is 2. The van der Waals surface area contributed by atoms with Gasteiger partial charge < -0.3 is 10.2 Å². The van der Waals surface area contributed by atoms with Gasteiger partial charge in [0, 0.05) is 35.4 Å². The summed E-state index contributed by atoms with van der Waals surface area (Å²) in [6.45, 7) is 0.199. The number of hydrogen-bond acceptors (Lipinski definition) is 2. The van der Waals surface area contributed by atoms with E-state index in [-0.39, 0.29) is 24.6 Å². The normalized spacial score (nSPS) is 17.2. The van der Waals surface area contributed by atoms with Crippen LogP contribution in [-0.2, 0) is 9.59 Å². The van der Waals surface area contributed by atoms with Crippen LogP contribution in [0.25, 0.3) is 0 Å². The van der Waals surface area contributed by atoms with Gasteiger partial charge in [0.25, 0.3) is 0 Å². The van der Waals surface area contributed by atoms with Gasteiger partial charge in [-0.05, 0) is 36.4 Å². The molecule has 2 aromatic rings. The summed E-state index contributed by atoms with van der Waals surface area (Å²) in [6, 6.07) is 9.48. The van der Waals surface area contributed by atoms with Crippen molar-refractivity contribution in [1.82, 2.24) is 0 Å². The Kier molecular flexibility index (Phi) is 4.49. The third kappa shape index (κ3) is 3.54. The minimum Gasteiger partial charge on any atom is -0.326 e. The van der Waals surface area contributed by atoms with Crippen molar-refractivity contribution in [2.45, 2.75) is 6.42 Å². The molecule has 1 fully saturated rings. The molecule has 4 nitrogen and oxygen atoms in total. The molecule has 24 heavy (non-hydrogen) atoms. The minimum atomic E-state index is -0.782. The summed E-state index contributed by atoms with van der Waals surface area (Å²) < 4.78 is 26.3. The van der Waals surface area contributed by atoms with Crippen molar-refractivity contribution in [2.24, 2.45) is 5.92 Å². The van der Waals surface area contributed by atoms with E-state index in [1.54, 1.807) is 24.3 Å². The predicted octanol–water partition coefficient (Wildman–Crippen LogP) is 3.61. The number of halogens is 3. The molecule has 0 aromatic heterocycles. The van der Waals surface area contributed by atoms with Gasteiger partial charge >= 0.3 is 0 Å². The van der Waals surface area contributed by atoms with Gasteiger partial charge in [-0.15, -0.1) is 0 Å². The van der Waals surface area contributed by atoms with Gasteiger partial charge in [-0.2, -0.15) is 0 Å². The summed E-state index contributed by atoms with van der Waals surface area (Å²) in [5, 5.41) is 3.00. The number of amides is 2. The molecule has 0 radical (unpaired) electrons. The van der Waals surface area contributed by atoms with Crippen LogP contribution in [0.4, 0.5) is 20.2 Å². The lowest BCUT2D eigenvalue weighted by Crippen LogP contribution is -2.28. The summed E-state index contributed by atoms with van der Waals surface area (Å²) in [5.74, 6) is -2.81. The van der Waals surface area contributed by atoms with Crippen molar-refractivity contribution in [2.75, 3.05) is 16.8 Å². The second kappa shape index (κ2) is 6.57. The second-order valence-corrected chi connectivity index (χ2v) is 5.97. The zero-order chi connectivity index (χ0) is 17.3. The van der Waals surface area contributed by atoms with Gasteiger partial charge in [-0.25, -0.2) is 8.78 Å². The fourth-order valence-corrected chi connectivity index (χ4v) is 2.75. The third-order valence-electron chi connectivity index (χ3n) is 3.76. The molecule has 1 unspecified atom stereocenters. The highest BCUT2D eigenvalue weighted by Crippen LogP contribution is 2.27. The lowest BCUT2D eigenvalue weighted by molar-refractivity contribution is -0.122. The maximum Gasteiger partial charge on any atom is 0.229 e. The Morgan fingerprint density at radius 3 is 2.38 bits per heavy atom. The van der Waals surface area contributed by atoms with E-state index in [9.17, 15) is 18.4 Å². The monoisotopic (exact) mass is 350 g/mol. The van der Waals surface area contributed by atoms with Crippen molar-refractivity contribution in [3.63, 3.8) is 0 Å². The highest BCUT2D eigenvalue weighted by atomic mass is 35.5. The predicted molar refractivity (Wildman–Crippen MR) is 86.9 cm³/mol. The molecule has 7 heteroatoms. The topological polar surface area (TPSA) is 49.4 Å². The molecule has 1 N–H and O–H groups in total. The molecule has 3 rings (SSSR count). The highest BCUT2D eigenvalue weighted by molar-refractivity contribution is 6.30. The third-order valence-corrected chi connectivity index (χ3v) is 4.02. The Bertz CT molecular complexity index is 775.